The number of rotatable bonds is 5. The van der Waals surface area contributed by atoms with Crippen molar-refractivity contribution >= 4 is 16.0 Å². The van der Waals surface area contributed by atoms with Crippen LogP contribution in [0, 0.1) is 13.8 Å². The Bertz CT molecular complexity index is 769. The van der Waals surface area contributed by atoms with Crippen molar-refractivity contribution < 1.29 is 36.3 Å². The van der Waals surface area contributed by atoms with Crippen LogP contribution in [0.25, 0.3) is 0 Å². The van der Waals surface area contributed by atoms with Gasteiger partial charge < -0.3 is 10.0 Å². The molecule has 28 heavy (non-hydrogen) atoms. The van der Waals surface area contributed by atoms with Crippen LogP contribution >= 0.6 is 0 Å². The van der Waals surface area contributed by atoms with Gasteiger partial charge in [0.1, 0.15) is 0 Å². The van der Waals surface area contributed by atoms with Crippen LogP contribution in [0.15, 0.2) is 23.1 Å². The van der Waals surface area contributed by atoms with Crippen LogP contribution < -0.4 is 4.89 Å². The molecule has 7 nitrogen and oxygen atoms in total. The van der Waals surface area contributed by atoms with Crippen molar-refractivity contribution in [2.24, 2.45) is 0 Å². The van der Waals surface area contributed by atoms with Crippen molar-refractivity contribution in [3.63, 3.8) is 0 Å². The molecule has 11 heteroatoms. The minimum absolute atomic E-state index is 0.0846. The van der Waals surface area contributed by atoms with Crippen molar-refractivity contribution in [2.45, 2.75) is 50.8 Å². The number of nitrogens with zero attached hydrogens (tertiary/aromatic N) is 1. The molecule has 1 aromatic rings. The number of carboxylic acid groups (broad SMARTS) is 1. The second-order valence-electron chi connectivity index (χ2n) is 6.43. The molecule has 0 amide bonds. The van der Waals surface area contributed by atoms with Crippen LogP contribution in [0.1, 0.15) is 30.9 Å². The van der Waals surface area contributed by atoms with Gasteiger partial charge in [-0.05, 0) is 57.0 Å². The maximum atomic E-state index is 12.3. The number of likely N-dealkylation sites (N-methyl/N-ethyl adjacent to an activating group) is 1. The molecule has 1 aliphatic heterocycles. The summed E-state index contributed by atoms with van der Waals surface area (Å²) in [6, 6.07) is 5.37. The number of carbonyl (C=O) groups is 1. The van der Waals surface area contributed by atoms with E-state index in [4.69, 9.17) is 14.7 Å². The second-order valence-corrected chi connectivity index (χ2v) is 8.05. The zero-order chi connectivity index (χ0) is 21.5. The predicted molar refractivity (Wildman–Crippen MR) is 96.1 cm³/mol. The smallest absolute Gasteiger partial charge is 0.475 e. The van der Waals surface area contributed by atoms with E-state index < -0.39 is 22.2 Å². The molecule has 1 saturated heterocycles. The van der Waals surface area contributed by atoms with E-state index in [1.165, 1.54) is 0 Å². The number of carboxylic acids is 1. The highest BCUT2D eigenvalue weighted by Gasteiger charge is 2.38. The maximum Gasteiger partial charge on any atom is 0.490 e. The molecule has 1 atom stereocenters. The number of aryl methyl sites for hydroxylation is 2. The van der Waals surface area contributed by atoms with E-state index in [9.17, 15) is 21.6 Å². The Morgan fingerprint density at radius 3 is 2.50 bits per heavy atom. The molecule has 1 heterocycles. The third-order valence-corrected chi connectivity index (χ3v) is 5.44. The average Bonchev–Trinajstić information content (AvgIpc) is 2.62. The number of hydrogen-bond acceptors (Lipinski definition) is 5. The molecule has 2 rings (SSSR count). The highest BCUT2D eigenvalue weighted by molar-refractivity contribution is 7.89. The van der Waals surface area contributed by atoms with E-state index in [-0.39, 0.29) is 11.0 Å². The zero-order valence-electron chi connectivity index (χ0n) is 15.9. The van der Waals surface area contributed by atoms with Gasteiger partial charge in [0, 0.05) is 6.54 Å². The lowest BCUT2D eigenvalue weighted by Gasteiger charge is -2.31. The highest BCUT2D eigenvalue weighted by atomic mass is 32.2. The second kappa shape index (κ2) is 10.2. The number of likely N-dealkylation sites (tertiary alicyclic amines) is 1. The third-order valence-electron chi connectivity index (χ3n) is 4.11. The van der Waals surface area contributed by atoms with Gasteiger partial charge in [-0.15, -0.1) is 0 Å². The van der Waals surface area contributed by atoms with Crippen molar-refractivity contribution in [1.29, 1.82) is 0 Å². The number of aliphatic carboxylic acids is 1. The fraction of sp³-hybridized carbons (Fsp3) is 0.588. The molecule has 1 unspecified atom stereocenters. The van der Waals surface area contributed by atoms with Gasteiger partial charge in [0.05, 0.1) is 11.0 Å². The normalized spacial score (nSPS) is 18.3. The lowest BCUT2D eigenvalue weighted by Crippen LogP contribution is -2.42. The Morgan fingerprint density at radius 1 is 1.36 bits per heavy atom. The van der Waals surface area contributed by atoms with Crippen molar-refractivity contribution in [3.8, 4) is 0 Å². The van der Waals surface area contributed by atoms with Gasteiger partial charge >= 0.3 is 12.1 Å². The molecule has 0 aromatic heterocycles. The first-order valence-electron chi connectivity index (χ1n) is 8.64. The summed E-state index contributed by atoms with van der Waals surface area (Å²) in [6.45, 7) is 8.55. The number of sulfonamides is 1. The summed E-state index contributed by atoms with van der Waals surface area (Å²) in [6.07, 6.45) is -3.26. The summed E-state index contributed by atoms with van der Waals surface area (Å²) in [5.41, 5.74) is 1.63. The van der Waals surface area contributed by atoms with Crippen molar-refractivity contribution in [3.05, 3.63) is 29.3 Å². The van der Waals surface area contributed by atoms with Crippen LogP contribution in [0.5, 0.6) is 0 Å². The molecule has 1 aliphatic rings. The molecule has 0 spiro atoms. The van der Waals surface area contributed by atoms with E-state index in [1.54, 1.807) is 13.0 Å². The number of piperidine rings is 1. The van der Waals surface area contributed by atoms with E-state index >= 15 is 0 Å². The van der Waals surface area contributed by atoms with E-state index in [2.05, 4.69) is 16.7 Å². The molecule has 160 valence electrons. The van der Waals surface area contributed by atoms with Gasteiger partial charge in [0.2, 0.25) is 0 Å². The first-order valence-corrected chi connectivity index (χ1v) is 10.1. The summed E-state index contributed by atoms with van der Waals surface area (Å²) >= 11 is 0. The van der Waals surface area contributed by atoms with Crippen LogP contribution in [-0.2, 0) is 19.7 Å². The van der Waals surface area contributed by atoms with Crippen LogP contribution in [0.4, 0.5) is 13.2 Å². The molecule has 1 aromatic carbocycles. The lowest BCUT2D eigenvalue weighted by atomic mass is 10.1. The maximum absolute atomic E-state index is 12.3. The Labute approximate surface area is 162 Å². The minimum atomic E-state index is -5.08. The molecular formula is C17H25F3N2O5S. The number of benzene rings is 1. The Hall–Kier alpha value is -1.69. The fourth-order valence-electron chi connectivity index (χ4n) is 2.57. The van der Waals surface area contributed by atoms with Crippen molar-refractivity contribution in [1.82, 2.24) is 9.79 Å². The van der Waals surface area contributed by atoms with Gasteiger partial charge in [-0.1, -0.05) is 23.9 Å². The summed E-state index contributed by atoms with van der Waals surface area (Å²) in [7, 11) is -3.63. The van der Waals surface area contributed by atoms with Crippen LogP contribution in [0.3, 0.4) is 0 Å². The van der Waals surface area contributed by atoms with E-state index in [0.29, 0.717) is 0 Å². The Morgan fingerprint density at radius 2 is 1.96 bits per heavy atom. The molecular weight excluding hydrogens is 401 g/mol. The average molecular weight is 426 g/mol. The first kappa shape index (κ1) is 24.3. The SMILES string of the molecule is CCN1CCCC(ONS(=O)(=O)c2cc(C)ccc2C)C1.O=C(O)C(F)(F)F. The first-order chi connectivity index (χ1) is 12.9. The zero-order valence-corrected chi connectivity index (χ0v) is 16.7. The van der Waals surface area contributed by atoms with E-state index in [0.717, 1.165) is 43.6 Å². The summed E-state index contributed by atoms with van der Waals surface area (Å²) < 4.78 is 56.4. The summed E-state index contributed by atoms with van der Waals surface area (Å²) in [5, 5.41) is 7.12. The lowest BCUT2D eigenvalue weighted by molar-refractivity contribution is -0.192. The van der Waals surface area contributed by atoms with Gasteiger partial charge in [0.15, 0.2) is 0 Å². The highest BCUT2D eigenvalue weighted by Crippen LogP contribution is 2.18. The third kappa shape index (κ3) is 7.74. The largest absolute Gasteiger partial charge is 0.490 e. The molecule has 0 radical (unpaired) electrons. The van der Waals surface area contributed by atoms with Gasteiger partial charge in [0.25, 0.3) is 10.0 Å². The van der Waals surface area contributed by atoms with Gasteiger partial charge in [-0.2, -0.15) is 13.2 Å². The van der Waals surface area contributed by atoms with Gasteiger partial charge in [-0.3, -0.25) is 4.84 Å². The van der Waals surface area contributed by atoms with Crippen LogP contribution in [-0.4, -0.2) is 56.3 Å². The topological polar surface area (TPSA) is 95.9 Å². The number of halogens is 3. The summed E-state index contributed by atoms with van der Waals surface area (Å²) in [4.78, 5) is 19.2. The molecule has 0 saturated carbocycles. The van der Waals surface area contributed by atoms with E-state index in [1.807, 2.05) is 19.1 Å². The molecule has 1 fully saturated rings. The number of alkyl halides is 3. The Balaban J connectivity index is 0.000000480. The molecule has 0 aliphatic carbocycles. The van der Waals surface area contributed by atoms with Gasteiger partial charge in [-0.25, -0.2) is 13.2 Å². The number of hydrogen-bond donors (Lipinski definition) is 2. The predicted octanol–water partition coefficient (Wildman–Crippen LogP) is 2.63. The Kier molecular flexibility index (Phi) is 8.86. The standard InChI is InChI=1S/C15H24N2O3S.C2HF3O2/c1-4-17-9-5-6-14(11-17)20-16-21(18,19)15-10-12(2)7-8-13(15)3;3-2(4,5)1(6)7/h7-8,10,14,16H,4-6,9,11H2,1-3H3;(H,6,7). The fourth-order valence-corrected chi connectivity index (χ4v) is 3.76. The quantitative estimate of drug-likeness (QED) is 0.703. The molecule has 2 N–H and O–H groups in total. The van der Waals surface area contributed by atoms with Crippen molar-refractivity contribution in [2.75, 3.05) is 19.6 Å². The monoisotopic (exact) mass is 426 g/mol. The summed E-state index contributed by atoms with van der Waals surface area (Å²) in [5.74, 6) is -2.76. The molecule has 0 bridgehead atoms. The van der Waals surface area contributed by atoms with Crippen LogP contribution in [0.2, 0.25) is 0 Å². The minimum Gasteiger partial charge on any atom is -0.475 e. The number of nitrogens with one attached hydrogen (secondary N) is 1.